The quantitative estimate of drug-likeness (QED) is 0.180. The highest BCUT2D eigenvalue weighted by Gasteiger charge is 2.20. The summed E-state index contributed by atoms with van der Waals surface area (Å²) in [6.45, 7) is 0. The zero-order valence-electron chi connectivity index (χ0n) is 29.5. The standard InChI is InChI=1S/C50H33N3O/c1-4-13-32(14-5-1)48-43-29-34(24-27-44(43)51-50(52-48)33-15-6-2-7-16-33)35-23-26-39-42-30-36(25-28-45(42)53(46(39)31-35)37-17-8-3-9-18-37)38-20-12-21-41-40-19-10-11-22-47(40)54-49(38)41/h1-4,6-11,13,15,17-19,21-31,33H,5,14,16H2. The summed E-state index contributed by atoms with van der Waals surface area (Å²) in [5.74, 6) is 1.07. The van der Waals surface area contributed by atoms with Gasteiger partial charge in [-0.15, -0.1) is 0 Å². The third-order valence-electron chi connectivity index (χ3n) is 11.0. The summed E-state index contributed by atoms with van der Waals surface area (Å²) in [6, 6.07) is 47.7. The first-order valence-electron chi connectivity index (χ1n) is 18.7. The van der Waals surface area contributed by atoms with Crippen LogP contribution in [0.2, 0.25) is 0 Å². The van der Waals surface area contributed by atoms with Crippen molar-refractivity contribution in [3.05, 3.63) is 181 Å². The van der Waals surface area contributed by atoms with E-state index >= 15 is 0 Å². The van der Waals surface area contributed by atoms with Crippen LogP contribution in [0.1, 0.15) is 36.7 Å². The fourth-order valence-corrected chi connectivity index (χ4v) is 8.35. The summed E-state index contributed by atoms with van der Waals surface area (Å²) >= 11 is 0. The number of rotatable bonds is 5. The van der Waals surface area contributed by atoms with E-state index in [0.717, 1.165) is 103 Å². The van der Waals surface area contributed by atoms with Gasteiger partial charge in [-0.2, -0.15) is 0 Å². The van der Waals surface area contributed by atoms with Gasteiger partial charge in [0.2, 0.25) is 0 Å². The lowest BCUT2D eigenvalue weighted by molar-refractivity contribution is 0.670. The lowest BCUT2D eigenvalue weighted by atomic mass is 9.94. The van der Waals surface area contributed by atoms with Crippen molar-refractivity contribution in [2.24, 2.45) is 0 Å². The Bertz CT molecular complexity index is 3080. The Morgan fingerprint density at radius 1 is 0.667 bits per heavy atom. The van der Waals surface area contributed by atoms with E-state index in [4.69, 9.17) is 14.4 Å². The minimum absolute atomic E-state index is 0.183. The summed E-state index contributed by atoms with van der Waals surface area (Å²) in [6.07, 6.45) is 18.2. The van der Waals surface area contributed by atoms with Gasteiger partial charge in [-0.1, -0.05) is 115 Å². The third kappa shape index (κ3) is 4.94. The number of benzene rings is 5. The van der Waals surface area contributed by atoms with Gasteiger partial charge < -0.3 is 8.98 Å². The molecule has 0 amide bonds. The number of allylic oxidation sites excluding steroid dienone is 8. The smallest absolute Gasteiger partial charge is 0.152 e. The number of furan rings is 1. The first-order valence-corrected chi connectivity index (χ1v) is 18.7. The van der Waals surface area contributed by atoms with Gasteiger partial charge in [0, 0.05) is 44.6 Å². The molecule has 4 heteroatoms. The van der Waals surface area contributed by atoms with E-state index in [1.165, 1.54) is 16.3 Å². The summed E-state index contributed by atoms with van der Waals surface area (Å²) in [4.78, 5) is 10.4. The van der Waals surface area contributed by atoms with Gasteiger partial charge in [0.1, 0.15) is 11.4 Å². The molecular weight excluding hydrogens is 659 g/mol. The topological polar surface area (TPSA) is 43.9 Å². The van der Waals surface area contributed by atoms with E-state index in [0.29, 0.717) is 0 Å². The first-order chi connectivity index (χ1) is 26.8. The molecule has 0 N–H and O–H groups in total. The molecule has 0 saturated heterocycles. The Hall–Kier alpha value is -6.96. The zero-order chi connectivity index (χ0) is 35.6. The molecule has 4 nitrogen and oxygen atoms in total. The molecule has 9 aromatic rings. The predicted molar refractivity (Wildman–Crippen MR) is 222 cm³/mol. The van der Waals surface area contributed by atoms with Crippen LogP contribution in [-0.2, 0) is 0 Å². The van der Waals surface area contributed by atoms with Crippen LogP contribution in [0.3, 0.4) is 0 Å². The lowest BCUT2D eigenvalue weighted by Gasteiger charge is -2.17. The SMILES string of the molecule is c1cc2c(oc3ccccc32)c(-c2ccc3c(c2)c2ccc(-c4ccc5nc(C6C=CC=CC6)nc(C6=CC=CCC6)c5c4)cc2n3-c2ccccc2)c#1. The van der Waals surface area contributed by atoms with E-state index < -0.39 is 0 Å². The Morgan fingerprint density at radius 2 is 1.52 bits per heavy atom. The van der Waals surface area contributed by atoms with Crippen molar-refractivity contribution in [1.29, 1.82) is 0 Å². The molecule has 6 aromatic carbocycles. The van der Waals surface area contributed by atoms with Crippen molar-refractivity contribution < 1.29 is 4.42 Å². The van der Waals surface area contributed by atoms with Crippen molar-refractivity contribution >= 4 is 60.2 Å². The third-order valence-corrected chi connectivity index (χ3v) is 11.0. The molecule has 0 saturated carbocycles. The van der Waals surface area contributed by atoms with Crippen molar-refractivity contribution in [2.75, 3.05) is 0 Å². The number of hydrogen-bond acceptors (Lipinski definition) is 3. The van der Waals surface area contributed by atoms with Crippen LogP contribution < -0.4 is 0 Å². The van der Waals surface area contributed by atoms with Crippen molar-refractivity contribution in [1.82, 2.24) is 14.5 Å². The minimum Gasteiger partial charge on any atom is -0.455 e. The summed E-state index contributed by atoms with van der Waals surface area (Å²) in [5.41, 5.74) is 12.7. The zero-order valence-corrected chi connectivity index (χ0v) is 29.5. The first kappa shape index (κ1) is 30.6. The normalized spacial score (nSPS) is 15.5. The van der Waals surface area contributed by atoms with Crippen LogP contribution in [0, 0.1) is 12.1 Å². The van der Waals surface area contributed by atoms with Crippen molar-refractivity contribution in [3.8, 4) is 27.9 Å². The molecule has 3 aromatic heterocycles. The van der Waals surface area contributed by atoms with Crippen LogP contribution in [0.5, 0.6) is 0 Å². The summed E-state index contributed by atoms with van der Waals surface area (Å²) in [7, 11) is 0. The van der Waals surface area contributed by atoms with Gasteiger partial charge in [0.25, 0.3) is 0 Å². The molecule has 2 aliphatic carbocycles. The van der Waals surface area contributed by atoms with E-state index in [1.807, 2.05) is 24.3 Å². The van der Waals surface area contributed by atoms with Crippen LogP contribution >= 0.6 is 0 Å². The maximum absolute atomic E-state index is 6.41. The van der Waals surface area contributed by atoms with Gasteiger partial charge in [0.15, 0.2) is 5.58 Å². The van der Waals surface area contributed by atoms with Gasteiger partial charge >= 0.3 is 0 Å². The molecule has 3 heterocycles. The molecule has 0 radical (unpaired) electrons. The minimum atomic E-state index is 0.183. The van der Waals surface area contributed by atoms with Crippen LogP contribution in [0.4, 0.5) is 0 Å². The molecule has 54 heavy (non-hydrogen) atoms. The molecule has 254 valence electrons. The van der Waals surface area contributed by atoms with Gasteiger partial charge in [-0.05, 0) is 90.1 Å². The van der Waals surface area contributed by atoms with Gasteiger partial charge in [0.05, 0.1) is 27.8 Å². The molecule has 0 fully saturated rings. The second-order valence-electron chi connectivity index (χ2n) is 14.2. The molecular formula is C50H33N3O. The molecule has 2 aliphatic rings. The van der Waals surface area contributed by atoms with Crippen LogP contribution in [0.25, 0.3) is 88.2 Å². The second kappa shape index (κ2) is 12.3. The maximum atomic E-state index is 6.41. The lowest BCUT2D eigenvalue weighted by Crippen LogP contribution is -2.07. The molecule has 0 spiro atoms. The highest BCUT2D eigenvalue weighted by atomic mass is 16.3. The molecule has 0 bridgehead atoms. The number of hydrogen-bond donors (Lipinski definition) is 0. The highest BCUT2D eigenvalue weighted by Crippen LogP contribution is 2.40. The Morgan fingerprint density at radius 3 is 2.41 bits per heavy atom. The fourth-order valence-electron chi connectivity index (χ4n) is 8.35. The highest BCUT2D eigenvalue weighted by molar-refractivity contribution is 6.13. The number of para-hydroxylation sites is 2. The largest absolute Gasteiger partial charge is 0.455 e. The number of nitrogens with zero attached hydrogens (tertiary/aromatic N) is 3. The number of aromatic nitrogens is 3. The Labute approximate surface area is 312 Å². The van der Waals surface area contributed by atoms with E-state index in [9.17, 15) is 0 Å². The van der Waals surface area contributed by atoms with Gasteiger partial charge in [-0.25, -0.2) is 9.97 Å². The number of fused-ring (bicyclic) bond motifs is 7. The summed E-state index contributed by atoms with van der Waals surface area (Å²) < 4.78 is 8.79. The molecule has 11 rings (SSSR count). The maximum Gasteiger partial charge on any atom is 0.152 e. The predicted octanol–water partition coefficient (Wildman–Crippen LogP) is 12.9. The van der Waals surface area contributed by atoms with E-state index in [-0.39, 0.29) is 5.92 Å². The average Bonchev–Trinajstić information content (AvgIpc) is 3.79. The Kier molecular flexibility index (Phi) is 7.00. The van der Waals surface area contributed by atoms with Crippen molar-refractivity contribution in [2.45, 2.75) is 25.2 Å². The van der Waals surface area contributed by atoms with Crippen LogP contribution in [0.15, 0.2) is 162 Å². The van der Waals surface area contributed by atoms with E-state index in [2.05, 4.69) is 150 Å². The van der Waals surface area contributed by atoms with Crippen molar-refractivity contribution in [3.63, 3.8) is 0 Å². The monoisotopic (exact) mass is 691 g/mol. The van der Waals surface area contributed by atoms with E-state index in [1.54, 1.807) is 0 Å². The molecule has 1 atom stereocenters. The summed E-state index contributed by atoms with van der Waals surface area (Å²) in [5, 5.41) is 5.59. The molecule has 1 unspecified atom stereocenters. The van der Waals surface area contributed by atoms with Crippen LogP contribution in [-0.4, -0.2) is 14.5 Å². The fraction of sp³-hybridized carbons (Fsp3) is 0.0800. The Balaban J connectivity index is 1.09. The second-order valence-corrected chi connectivity index (χ2v) is 14.2. The average molecular weight is 692 g/mol. The molecule has 0 aliphatic heterocycles. The van der Waals surface area contributed by atoms with Gasteiger partial charge in [-0.3, -0.25) is 0 Å².